The van der Waals surface area contributed by atoms with Crippen molar-refractivity contribution in [1.29, 1.82) is 0 Å². The van der Waals surface area contributed by atoms with Crippen molar-refractivity contribution in [3.63, 3.8) is 0 Å². The summed E-state index contributed by atoms with van der Waals surface area (Å²) in [4.78, 5) is 0. The van der Waals surface area contributed by atoms with Crippen molar-refractivity contribution in [3.8, 4) is 0 Å². The van der Waals surface area contributed by atoms with Crippen molar-refractivity contribution in [2.45, 2.75) is 6.04 Å². The summed E-state index contributed by atoms with van der Waals surface area (Å²) in [5.74, 6) is 0. The maximum absolute atomic E-state index is 7.07. The Morgan fingerprint density at radius 3 is 1.24 bits per heavy atom. The number of rotatable bonds is 4. The van der Waals surface area contributed by atoms with Gasteiger partial charge in [0.05, 0.1) is 6.04 Å². The van der Waals surface area contributed by atoms with Gasteiger partial charge in [0.1, 0.15) is 11.2 Å². The molecule has 0 fully saturated rings. The van der Waals surface area contributed by atoms with Crippen LogP contribution < -0.4 is 4.67 Å². The Morgan fingerprint density at radius 1 is 0.413 bits per heavy atom. The molecular formula is C42H30NO2P. The SMILES string of the molecule is CN(C(c1cccc2ccccc12)c1cccc2ccccc12)p1oc2ccc3ccccc3c2c2c(ccc3ccccc32)o1. The van der Waals surface area contributed by atoms with Crippen LogP contribution in [0.4, 0.5) is 0 Å². The van der Waals surface area contributed by atoms with E-state index in [1.807, 2.05) is 0 Å². The van der Waals surface area contributed by atoms with Gasteiger partial charge in [0.25, 0.3) is 0 Å². The summed E-state index contributed by atoms with van der Waals surface area (Å²) in [6, 6.07) is 56.0. The van der Waals surface area contributed by atoms with Gasteiger partial charge in [-0.05, 0) is 66.3 Å². The highest BCUT2D eigenvalue weighted by Gasteiger charge is 2.28. The first-order valence-electron chi connectivity index (χ1n) is 15.6. The number of benzene rings is 8. The van der Waals surface area contributed by atoms with Crippen LogP contribution in [0.2, 0.25) is 0 Å². The van der Waals surface area contributed by atoms with Crippen LogP contribution in [-0.2, 0) is 0 Å². The number of nitrogens with zero attached hydrogens (tertiary/aromatic N) is 1. The lowest BCUT2D eigenvalue weighted by atomic mass is 9.91. The van der Waals surface area contributed by atoms with Crippen molar-refractivity contribution < 1.29 is 8.39 Å². The molecular weight excluding hydrogens is 581 g/mol. The van der Waals surface area contributed by atoms with Gasteiger partial charge >= 0.3 is 8.16 Å². The van der Waals surface area contributed by atoms with Crippen LogP contribution in [0.1, 0.15) is 17.2 Å². The highest BCUT2D eigenvalue weighted by molar-refractivity contribution is 7.39. The van der Waals surface area contributed by atoms with E-state index in [4.69, 9.17) is 8.39 Å². The summed E-state index contributed by atoms with van der Waals surface area (Å²) in [6.45, 7) is 0. The molecule has 0 unspecified atom stereocenters. The zero-order valence-corrected chi connectivity index (χ0v) is 26.2. The van der Waals surface area contributed by atoms with E-state index < -0.39 is 8.16 Å². The fourth-order valence-electron chi connectivity index (χ4n) is 7.13. The van der Waals surface area contributed by atoms with Crippen LogP contribution in [0, 0.1) is 0 Å². The molecule has 0 spiro atoms. The van der Waals surface area contributed by atoms with Crippen molar-refractivity contribution in [1.82, 2.24) is 0 Å². The van der Waals surface area contributed by atoms with Crippen LogP contribution in [0.25, 0.3) is 65.0 Å². The average Bonchev–Trinajstić information content (AvgIpc) is 3.29. The van der Waals surface area contributed by atoms with Gasteiger partial charge in [-0.15, -0.1) is 0 Å². The molecule has 1 aromatic heterocycles. The van der Waals surface area contributed by atoms with Crippen molar-refractivity contribution in [2.24, 2.45) is 0 Å². The maximum Gasteiger partial charge on any atom is 0.310 e. The van der Waals surface area contributed by atoms with Crippen LogP contribution in [-0.4, -0.2) is 7.05 Å². The van der Waals surface area contributed by atoms with E-state index in [0.29, 0.717) is 0 Å². The lowest BCUT2D eigenvalue weighted by Crippen LogP contribution is -2.23. The number of fused-ring (bicyclic) bond motifs is 9. The van der Waals surface area contributed by atoms with Crippen LogP contribution >= 0.6 is 8.16 Å². The molecule has 0 N–H and O–H groups in total. The maximum atomic E-state index is 7.07. The second-order valence-electron chi connectivity index (χ2n) is 11.9. The normalized spacial score (nSPS) is 12.0. The van der Waals surface area contributed by atoms with E-state index in [1.54, 1.807) is 0 Å². The number of hydrogen-bond donors (Lipinski definition) is 0. The van der Waals surface area contributed by atoms with Gasteiger partial charge in [0.15, 0.2) is 0 Å². The van der Waals surface area contributed by atoms with Crippen LogP contribution in [0.5, 0.6) is 0 Å². The fourth-order valence-corrected chi connectivity index (χ4v) is 8.50. The summed E-state index contributed by atoms with van der Waals surface area (Å²) in [5, 5.41) is 11.7. The van der Waals surface area contributed by atoms with Gasteiger partial charge in [-0.2, -0.15) is 4.67 Å². The van der Waals surface area contributed by atoms with Gasteiger partial charge in [-0.25, -0.2) is 0 Å². The molecule has 8 aromatic carbocycles. The fraction of sp³-hybridized carbons (Fsp3) is 0.0476. The molecule has 0 atom stereocenters. The minimum Gasteiger partial charge on any atom is -0.408 e. The first kappa shape index (κ1) is 27.0. The molecule has 0 saturated heterocycles. The van der Waals surface area contributed by atoms with Gasteiger partial charge in [0, 0.05) is 17.8 Å². The Kier molecular flexibility index (Phi) is 6.41. The quantitative estimate of drug-likeness (QED) is 0.198. The average molecular weight is 612 g/mol. The Hall–Kier alpha value is -5.34. The lowest BCUT2D eigenvalue weighted by Gasteiger charge is -2.28. The zero-order valence-electron chi connectivity index (χ0n) is 25.3. The van der Waals surface area contributed by atoms with E-state index in [0.717, 1.165) is 32.7 Å². The second-order valence-corrected chi connectivity index (χ2v) is 13.3. The largest absolute Gasteiger partial charge is 0.408 e. The molecule has 0 amide bonds. The van der Waals surface area contributed by atoms with E-state index in [-0.39, 0.29) is 6.04 Å². The molecule has 0 aliphatic heterocycles. The summed E-state index contributed by atoms with van der Waals surface area (Å²) in [5.41, 5.74) is 4.10. The van der Waals surface area contributed by atoms with Crippen LogP contribution in [0.3, 0.4) is 0 Å². The molecule has 0 radical (unpaired) electrons. The van der Waals surface area contributed by atoms with E-state index in [9.17, 15) is 0 Å². The molecule has 1 heterocycles. The Labute approximate surface area is 267 Å². The van der Waals surface area contributed by atoms with Gasteiger partial charge in [-0.1, -0.05) is 146 Å². The molecule has 0 saturated carbocycles. The van der Waals surface area contributed by atoms with E-state index in [1.165, 1.54) is 43.4 Å². The van der Waals surface area contributed by atoms with E-state index >= 15 is 0 Å². The molecule has 3 nitrogen and oxygen atoms in total. The smallest absolute Gasteiger partial charge is 0.310 e. The van der Waals surface area contributed by atoms with Crippen molar-refractivity contribution in [2.75, 3.05) is 11.7 Å². The molecule has 0 aliphatic rings. The summed E-state index contributed by atoms with van der Waals surface area (Å²) < 4.78 is 16.5. The number of hydrogen-bond acceptors (Lipinski definition) is 3. The standard InChI is InChI=1S/C42H30NO2P/c1-43(42(36-22-10-16-28-12-2-6-18-32(28)36)37-23-11-17-29-13-3-7-19-33(29)37)46-44-38-26-24-30-14-4-8-20-34(30)40(38)41-35-21-9-5-15-31(35)25-27-39(41)45-46/h2-27,42H,1H3. The molecule has 220 valence electrons. The molecule has 0 bridgehead atoms. The predicted molar refractivity (Wildman–Crippen MR) is 195 cm³/mol. The molecule has 9 aromatic rings. The third-order valence-electron chi connectivity index (χ3n) is 9.25. The predicted octanol–water partition coefficient (Wildman–Crippen LogP) is 12.3. The Morgan fingerprint density at radius 2 is 0.783 bits per heavy atom. The minimum atomic E-state index is -1.61. The minimum absolute atomic E-state index is 0.144. The zero-order chi connectivity index (χ0) is 30.6. The highest BCUT2D eigenvalue weighted by Crippen LogP contribution is 2.46. The summed E-state index contributed by atoms with van der Waals surface area (Å²) in [7, 11) is 0.538. The summed E-state index contributed by atoms with van der Waals surface area (Å²) in [6.07, 6.45) is 0. The second kappa shape index (κ2) is 10.9. The summed E-state index contributed by atoms with van der Waals surface area (Å²) >= 11 is 0. The van der Waals surface area contributed by atoms with Crippen LogP contribution in [0.15, 0.2) is 166 Å². The van der Waals surface area contributed by atoms with Gasteiger partial charge < -0.3 is 8.39 Å². The first-order chi connectivity index (χ1) is 22.7. The van der Waals surface area contributed by atoms with Gasteiger partial charge in [-0.3, -0.25) is 0 Å². The first-order valence-corrected chi connectivity index (χ1v) is 16.8. The van der Waals surface area contributed by atoms with Crippen molar-refractivity contribution in [3.05, 3.63) is 169 Å². The third kappa shape index (κ3) is 4.32. The van der Waals surface area contributed by atoms with E-state index in [2.05, 4.69) is 169 Å². The van der Waals surface area contributed by atoms with Crippen molar-refractivity contribution >= 4 is 73.2 Å². The molecule has 4 heteroatoms. The monoisotopic (exact) mass is 611 g/mol. The molecule has 0 aliphatic carbocycles. The third-order valence-corrected chi connectivity index (χ3v) is 10.7. The molecule has 46 heavy (non-hydrogen) atoms. The Balaban J connectivity index is 1.39. The highest BCUT2D eigenvalue weighted by atomic mass is 31.1. The Bertz CT molecular complexity index is 2450. The molecule has 9 rings (SSSR count). The topological polar surface area (TPSA) is 29.5 Å². The lowest BCUT2D eigenvalue weighted by molar-refractivity contribution is 0.619. The van der Waals surface area contributed by atoms with Gasteiger partial charge in [0.2, 0.25) is 0 Å².